The number of benzene rings is 1. The Kier molecular flexibility index (Phi) is 3.27. The molecule has 1 radical (unpaired) electrons. The Morgan fingerprint density at radius 2 is 1.88 bits per heavy atom. The molecule has 2 rings (SSSR count). The maximum Gasteiger partial charge on any atom is 0.218 e. The van der Waals surface area contributed by atoms with Gasteiger partial charge in [-0.25, -0.2) is 8.42 Å². The van der Waals surface area contributed by atoms with Gasteiger partial charge in [-0.1, -0.05) is 44.2 Å². The molecule has 0 amide bonds. The van der Waals surface area contributed by atoms with Crippen molar-refractivity contribution in [1.82, 2.24) is 4.31 Å². The third kappa shape index (κ3) is 3.07. The van der Waals surface area contributed by atoms with E-state index in [9.17, 15) is 8.42 Å². The van der Waals surface area contributed by atoms with Gasteiger partial charge in [0.1, 0.15) is 0 Å². The summed E-state index contributed by atoms with van der Waals surface area (Å²) in [6, 6.07) is 9.31. The molecule has 4 heteroatoms. The van der Waals surface area contributed by atoms with Crippen molar-refractivity contribution < 1.29 is 8.42 Å². The van der Waals surface area contributed by atoms with Crippen molar-refractivity contribution in [3.63, 3.8) is 0 Å². The Bertz CT molecular complexity index is 479. The molecule has 0 saturated carbocycles. The third-order valence-electron chi connectivity index (χ3n) is 2.98. The Balaban J connectivity index is 2.11. The predicted molar refractivity (Wildman–Crippen MR) is 68.5 cm³/mol. The SMILES string of the molecule is CC1(C)C[CH]N(S(=O)(=O)Cc2ccccc2)C1. The van der Waals surface area contributed by atoms with Crippen LogP contribution in [0.4, 0.5) is 0 Å². The summed E-state index contributed by atoms with van der Waals surface area (Å²) in [7, 11) is -3.21. The highest BCUT2D eigenvalue weighted by Crippen LogP contribution is 2.34. The minimum absolute atomic E-state index is 0.0593. The van der Waals surface area contributed by atoms with Crippen molar-refractivity contribution in [3.8, 4) is 0 Å². The summed E-state index contributed by atoms with van der Waals surface area (Å²) in [5.41, 5.74) is 0.898. The maximum absolute atomic E-state index is 12.2. The second kappa shape index (κ2) is 4.42. The standard InChI is InChI=1S/C13H18NO2S/c1-13(2)8-9-14(11-13)17(15,16)10-12-6-4-3-5-7-12/h3-7,9H,8,10-11H2,1-2H3. The maximum atomic E-state index is 12.2. The monoisotopic (exact) mass is 252 g/mol. The van der Waals surface area contributed by atoms with E-state index in [-0.39, 0.29) is 11.2 Å². The zero-order valence-electron chi connectivity index (χ0n) is 10.3. The molecule has 1 aliphatic heterocycles. The zero-order chi connectivity index (χ0) is 12.5. The summed E-state index contributed by atoms with van der Waals surface area (Å²) in [6.45, 7) is 6.56. The van der Waals surface area contributed by atoms with Crippen molar-refractivity contribution >= 4 is 10.0 Å². The van der Waals surface area contributed by atoms with Gasteiger partial charge in [-0.15, -0.1) is 0 Å². The molecular weight excluding hydrogens is 234 g/mol. The van der Waals surface area contributed by atoms with Gasteiger partial charge in [0.05, 0.1) is 5.75 Å². The van der Waals surface area contributed by atoms with E-state index in [1.165, 1.54) is 4.31 Å². The normalized spacial score (nSPS) is 20.6. The Morgan fingerprint density at radius 3 is 2.41 bits per heavy atom. The predicted octanol–water partition coefficient (Wildman–Crippen LogP) is 2.41. The highest BCUT2D eigenvalue weighted by Gasteiger charge is 2.36. The Morgan fingerprint density at radius 1 is 1.24 bits per heavy atom. The summed E-state index contributed by atoms with van der Waals surface area (Å²) >= 11 is 0. The van der Waals surface area contributed by atoms with E-state index in [1.807, 2.05) is 30.3 Å². The van der Waals surface area contributed by atoms with Crippen LogP contribution in [0.15, 0.2) is 30.3 Å². The van der Waals surface area contributed by atoms with Crippen molar-refractivity contribution in [2.45, 2.75) is 26.0 Å². The van der Waals surface area contributed by atoms with E-state index in [1.54, 1.807) is 6.54 Å². The first-order valence-corrected chi connectivity index (χ1v) is 7.37. The van der Waals surface area contributed by atoms with Crippen molar-refractivity contribution in [1.29, 1.82) is 0 Å². The first kappa shape index (κ1) is 12.6. The molecule has 0 spiro atoms. The largest absolute Gasteiger partial charge is 0.218 e. The fourth-order valence-corrected chi connectivity index (χ4v) is 3.61. The van der Waals surface area contributed by atoms with E-state index >= 15 is 0 Å². The third-order valence-corrected chi connectivity index (χ3v) is 4.67. The van der Waals surface area contributed by atoms with Gasteiger partial charge in [-0.2, -0.15) is 4.31 Å². The van der Waals surface area contributed by atoms with Crippen LogP contribution in [0, 0.1) is 12.0 Å². The number of hydrogen-bond donors (Lipinski definition) is 0. The molecule has 1 aliphatic rings. The number of hydrogen-bond acceptors (Lipinski definition) is 2. The summed E-state index contributed by atoms with van der Waals surface area (Å²) in [5.74, 6) is 0.0837. The van der Waals surface area contributed by atoms with Crippen LogP contribution in [-0.2, 0) is 15.8 Å². The molecule has 1 heterocycles. The van der Waals surface area contributed by atoms with Gasteiger partial charge >= 0.3 is 0 Å². The molecule has 1 fully saturated rings. The smallest absolute Gasteiger partial charge is 0.212 e. The molecule has 3 nitrogen and oxygen atoms in total. The van der Waals surface area contributed by atoms with Gasteiger partial charge in [-0.05, 0) is 17.4 Å². The molecule has 1 saturated heterocycles. The number of sulfonamides is 1. The van der Waals surface area contributed by atoms with Crippen LogP contribution in [0.25, 0.3) is 0 Å². The molecule has 0 aliphatic carbocycles. The topological polar surface area (TPSA) is 37.4 Å². The highest BCUT2D eigenvalue weighted by molar-refractivity contribution is 7.88. The van der Waals surface area contributed by atoms with Crippen LogP contribution < -0.4 is 0 Å². The average molecular weight is 252 g/mol. The lowest BCUT2D eigenvalue weighted by Gasteiger charge is -2.19. The lowest BCUT2D eigenvalue weighted by Crippen LogP contribution is -2.29. The Labute approximate surface area is 104 Å². The molecule has 1 aromatic carbocycles. The van der Waals surface area contributed by atoms with Crippen LogP contribution in [0.1, 0.15) is 25.8 Å². The lowest BCUT2D eigenvalue weighted by atomic mass is 9.93. The van der Waals surface area contributed by atoms with Gasteiger partial charge in [0.2, 0.25) is 10.0 Å². The molecule has 17 heavy (non-hydrogen) atoms. The van der Waals surface area contributed by atoms with E-state index in [2.05, 4.69) is 13.8 Å². The van der Waals surface area contributed by atoms with Crippen LogP contribution in [0.2, 0.25) is 0 Å². The number of nitrogens with zero attached hydrogens (tertiary/aromatic N) is 1. The van der Waals surface area contributed by atoms with Gasteiger partial charge in [-0.3, -0.25) is 0 Å². The molecule has 93 valence electrons. The highest BCUT2D eigenvalue weighted by atomic mass is 32.2. The second-order valence-electron chi connectivity index (χ2n) is 5.34. The average Bonchev–Trinajstić information content (AvgIpc) is 2.60. The quantitative estimate of drug-likeness (QED) is 0.828. The minimum Gasteiger partial charge on any atom is -0.212 e. The van der Waals surface area contributed by atoms with Gasteiger partial charge in [0.25, 0.3) is 0 Å². The molecule has 0 atom stereocenters. The molecule has 0 unspecified atom stereocenters. The first-order valence-electron chi connectivity index (χ1n) is 5.76. The van der Waals surface area contributed by atoms with E-state index < -0.39 is 10.0 Å². The van der Waals surface area contributed by atoms with Gasteiger partial charge in [0.15, 0.2) is 0 Å². The van der Waals surface area contributed by atoms with Gasteiger partial charge < -0.3 is 0 Å². The van der Waals surface area contributed by atoms with E-state index in [0.717, 1.165) is 12.0 Å². The molecule has 0 bridgehead atoms. The van der Waals surface area contributed by atoms with Crippen LogP contribution in [0.3, 0.4) is 0 Å². The molecule has 0 aromatic heterocycles. The van der Waals surface area contributed by atoms with Crippen LogP contribution in [0.5, 0.6) is 0 Å². The zero-order valence-corrected chi connectivity index (χ0v) is 11.1. The van der Waals surface area contributed by atoms with Crippen LogP contribution in [-0.4, -0.2) is 19.3 Å². The second-order valence-corrected chi connectivity index (χ2v) is 7.26. The molecule has 0 N–H and O–H groups in total. The van der Waals surface area contributed by atoms with Gasteiger partial charge in [0, 0.05) is 13.1 Å². The number of rotatable bonds is 3. The van der Waals surface area contributed by atoms with Crippen molar-refractivity contribution in [2.24, 2.45) is 5.41 Å². The summed E-state index contributed by atoms with van der Waals surface area (Å²) in [6.07, 6.45) is 0.820. The molecular formula is C13H18NO2S. The van der Waals surface area contributed by atoms with E-state index in [0.29, 0.717) is 6.54 Å². The Hall–Kier alpha value is -0.870. The lowest BCUT2D eigenvalue weighted by molar-refractivity contribution is 0.376. The van der Waals surface area contributed by atoms with Crippen LogP contribution >= 0.6 is 0 Å². The fourth-order valence-electron chi connectivity index (χ4n) is 1.98. The summed E-state index contributed by atoms with van der Waals surface area (Å²) < 4.78 is 25.9. The minimum atomic E-state index is -3.21. The first-order chi connectivity index (χ1) is 7.89. The molecule has 1 aromatic rings. The summed E-state index contributed by atoms with van der Waals surface area (Å²) in [4.78, 5) is 0. The summed E-state index contributed by atoms with van der Waals surface area (Å²) in [5, 5.41) is 0. The van der Waals surface area contributed by atoms with Crippen molar-refractivity contribution in [2.75, 3.05) is 6.54 Å². The van der Waals surface area contributed by atoms with Crippen molar-refractivity contribution in [3.05, 3.63) is 42.4 Å². The van der Waals surface area contributed by atoms with E-state index in [4.69, 9.17) is 0 Å². The fraction of sp³-hybridized carbons (Fsp3) is 0.462.